The molecule has 0 saturated carbocycles. The molecular weight excluding hydrogens is 324 g/mol. The fourth-order valence-corrected chi connectivity index (χ4v) is 2.58. The van der Waals surface area contributed by atoms with E-state index in [0.29, 0.717) is 10.9 Å². The number of thioether (sulfide) groups is 1. The quantitative estimate of drug-likeness (QED) is 0.694. The highest BCUT2D eigenvalue weighted by Crippen LogP contribution is 2.24. The van der Waals surface area contributed by atoms with Gasteiger partial charge in [0.15, 0.2) is 5.12 Å². The van der Waals surface area contributed by atoms with Gasteiger partial charge >= 0.3 is 11.6 Å². The molecule has 0 amide bonds. The molecule has 122 valence electrons. The van der Waals surface area contributed by atoms with Gasteiger partial charge in [0.2, 0.25) is 0 Å². The Hall–Kier alpha value is -2.16. The topological polar surface area (TPSA) is 125 Å². The standard InChI is InChI=1S/C15H14O7S/c1-7(16)23-6-11(17)13(18)8-2-3-12-9(4-8)5-10(14(19)20)15(21)22-12/h2-5,11,13,17-18H,6H2,1H3,(H,19,20). The van der Waals surface area contributed by atoms with Crippen molar-refractivity contribution in [2.45, 2.75) is 19.1 Å². The minimum Gasteiger partial charge on any atom is -0.477 e. The van der Waals surface area contributed by atoms with Gasteiger partial charge in [-0.25, -0.2) is 9.59 Å². The fourth-order valence-electron chi connectivity index (χ4n) is 1.99. The molecule has 1 aromatic heterocycles. The van der Waals surface area contributed by atoms with Crippen molar-refractivity contribution in [3.05, 3.63) is 45.8 Å². The number of aromatic carboxylic acids is 1. The molecule has 1 aromatic carbocycles. The zero-order chi connectivity index (χ0) is 17.1. The van der Waals surface area contributed by atoms with Crippen LogP contribution in [0.25, 0.3) is 11.0 Å². The first-order chi connectivity index (χ1) is 10.8. The number of benzene rings is 1. The lowest BCUT2D eigenvalue weighted by molar-refractivity contribution is -0.109. The molecule has 0 radical (unpaired) electrons. The second-order valence-electron chi connectivity index (χ2n) is 4.86. The second kappa shape index (κ2) is 6.95. The highest BCUT2D eigenvalue weighted by Gasteiger charge is 2.20. The number of aliphatic hydroxyl groups excluding tert-OH is 2. The van der Waals surface area contributed by atoms with Gasteiger partial charge in [0.25, 0.3) is 0 Å². The van der Waals surface area contributed by atoms with E-state index in [0.717, 1.165) is 17.8 Å². The van der Waals surface area contributed by atoms with Crippen LogP contribution in [0.1, 0.15) is 28.9 Å². The molecule has 0 spiro atoms. The van der Waals surface area contributed by atoms with Crippen LogP contribution in [0.2, 0.25) is 0 Å². The van der Waals surface area contributed by atoms with Crippen molar-refractivity contribution in [3.8, 4) is 0 Å². The first kappa shape index (κ1) is 17.2. The van der Waals surface area contributed by atoms with Gasteiger partial charge in [0.05, 0.1) is 6.10 Å². The molecule has 0 aliphatic rings. The lowest BCUT2D eigenvalue weighted by atomic mass is 10.0. The van der Waals surface area contributed by atoms with Crippen LogP contribution in [0.3, 0.4) is 0 Å². The Morgan fingerprint density at radius 3 is 2.57 bits per heavy atom. The van der Waals surface area contributed by atoms with Crippen molar-refractivity contribution in [2.75, 3.05) is 5.75 Å². The second-order valence-corrected chi connectivity index (χ2v) is 6.06. The summed E-state index contributed by atoms with van der Waals surface area (Å²) in [4.78, 5) is 33.3. The lowest BCUT2D eigenvalue weighted by Gasteiger charge is -2.17. The lowest BCUT2D eigenvalue weighted by Crippen LogP contribution is -2.21. The van der Waals surface area contributed by atoms with Gasteiger partial charge in [-0.3, -0.25) is 4.79 Å². The number of carboxylic acid groups (broad SMARTS) is 1. The first-order valence-electron chi connectivity index (χ1n) is 6.60. The number of hydrogen-bond donors (Lipinski definition) is 3. The summed E-state index contributed by atoms with van der Waals surface area (Å²) >= 11 is 0.888. The largest absolute Gasteiger partial charge is 0.477 e. The maximum atomic E-state index is 11.5. The Kier molecular flexibility index (Phi) is 5.19. The molecule has 2 rings (SSSR count). The van der Waals surface area contributed by atoms with Gasteiger partial charge in [0.1, 0.15) is 17.3 Å². The maximum absolute atomic E-state index is 11.5. The monoisotopic (exact) mass is 338 g/mol. The van der Waals surface area contributed by atoms with Crippen LogP contribution < -0.4 is 5.63 Å². The minimum absolute atomic E-state index is 0.0266. The van der Waals surface area contributed by atoms with Crippen molar-refractivity contribution in [2.24, 2.45) is 0 Å². The van der Waals surface area contributed by atoms with Gasteiger partial charge in [-0.1, -0.05) is 17.8 Å². The Morgan fingerprint density at radius 1 is 1.26 bits per heavy atom. The number of aliphatic hydroxyl groups is 2. The van der Waals surface area contributed by atoms with Crippen LogP contribution >= 0.6 is 11.8 Å². The van der Waals surface area contributed by atoms with Crippen LogP contribution in [0.4, 0.5) is 0 Å². The molecule has 2 unspecified atom stereocenters. The molecule has 7 nitrogen and oxygen atoms in total. The average molecular weight is 338 g/mol. The Balaban J connectivity index is 2.35. The van der Waals surface area contributed by atoms with E-state index >= 15 is 0 Å². The van der Waals surface area contributed by atoms with Crippen LogP contribution in [0.5, 0.6) is 0 Å². The summed E-state index contributed by atoms with van der Waals surface area (Å²) in [5, 5.41) is 29.1. The van der Waals surface area contributed by atoms with Crippen molar-refractivity contribution >= 4 is 33.8 Å². The molecule has 2 aromatic rings. The first-order valence-corrected chi connectivity index (χ1v) is 7.58. The summed E-state index contributed by atoms with van der Waals surface area (Å²) < 4.78 is 4.90. The molecule has 0 bridgehead atoms. The Labute approximate surface area is 134 Å². The normalized spacial score (nSPS) is 13.7. The smallest absolute Gasteiger partial charge is 0.351 e. The van der Waals surface area contributed by atoms with E-state index in [1.165, 1.54) is 25.1 Å². The molecule has 8 heteroatoms. The number of hydrogen-bond acceptors (Lipinski definition) is 7. The molecule has 1 heterocycles. The van der Waals surface area contributed by atoms with E-state index in [9.17, 15) is 24.6 Å². The third-order valence-corrected chi connectivity index (χ3v) is 4.06. The molecular formula is C15H14O7S. The molecule has 2 atom stereocenters. The summed E-state index contributed by atoms with van der Waals surface area (Å²) in [7, 11) is 0. The van der Waals surface area contributed by atoms with Crippen LogP contribution in [0, 0.1) is 0 Å². The number of carbonyl (C=O) groups is 2. The fraction of sp³-hybridized carbons (Fsp3) is 0.267. The van der Waals surface area contributed by atoms with E-state index in [2.05, 4.69) is 0 Å². The van der Waals surface area contributed by atoms with Crippen molar-refractivity contribution in [1.82, 2.24) is 0 Å². The molecule has 0 saturated heterocycles. The van der Waals surface area contributed by atoms with Crippen molar-refractivity contribution in [1.29, 1.82) is 0 Å². The highest BCUT2D eigenvalue weighted by molar-refractivity contribution is 8.13. The van der Waals surface area contributed by atoms with Gasteiger partial charge in [-0.15, -0.1) is 0 Å². The van der Waals surface area contributed by atoms with Gasteiger partial charge in [0, 0.05) is 18.1 Å². The summed E-state index contributed by atoms with van der Waals surface area (Å²) in [6.07, 6.45) is -2.43. The highest BCUT2D eigenvalue weighted by atomic mass is 32.2. The van der Waals surface area contributed by atoms with E-state index in [4.69, 9.17) is 9.52 Å². The Bertz CT molecular complexity index is 811. The number of carbonyl (C=O) groups excluding carboxylic acids is 1. The number of rotatable bonds is 5. The molecule has 3 N–H and O–H groups in total. The van der Waals surface area contributed by atoms with E-state index < -0.39 is 29.4 Å². The van der Waals surface area contributed by atoms with Gasteiger partial charge < -0.3 is 19.7 Å². The molecule has 0 aliphatic carbocycles. The average Bonchev–Trinajstić information content (AvgIpc) is 2.50. The predicted molar refractivity (Wildman–Crippen MR) is 83.5 cm³/mol. The third-order valence-electron chi connectivity index (χ3n) is 3.15. The minimum atomic E-state index is -1.41. The van der Waals surface area contributed by atoms with Gasteiger partial charge in [-0.05, 0) is 23.8 Å². The number of carboxylic acids is 1. The number of fused-ring (bicyclic) bond motifs is 1. The molecule has 23 heavy (non-hydrogen) atoms. The van der Waals surface area contributed by atoms with Crippen LogP contribution in [-0.2, 0) is 4.79 Å². The summed E-state index contributed by atoms with van der Waals surface area (Å²) in [6, 6.07) is 5.44. The van der Waals surface area contributed by atoms with Crippen molar-refractivity contribution in [3.63, 3.8) is 0 Å². The molecule has 0 fully saturated rings. The molecule has 0 aliphatic heterocycles. The van der Waals surface area contributed by atoms with Gasteiger partial charge in [-0.2, -0.15) is 0 Å². The summed E-state index contributed by atoms with van der Waals surface area (Å²) in [5.41, 5.74) is -0.990. The van der Waals surface area contributed by atoms with Crippen molar-refractivity contribution < 1.29 is 29.3 Å². The van der Waals surface area contributed by atoms with Crippen LogP contribution in [-0.4, -0.2) is 38.3 Å². The Morgan fingerprint density at radius 2 is 1.96 bits per heavy atom. The van der Waals surface area contributed by atoms with E-state index in [1.807, 2.05) is 0 Å². The van der Waals surface area contributed by atoms with E-state index in [-0.39, 0.29) is 16.5 Å². The zero-order valence-corrected chi connectivity index (χ0v) is 12.9. The summed E-state index contributed by atoms with van der Waals surface area (Å²) in [6.45, 7) is 1.36. The van der Waals surface area contributed by atoms with E-state index in [1.54, 1.807) is 0 Å². The summed E-state index contributed by atoms with van der Waals surface area (Å²) in [5.74, 6) is -1.39. The van der Waals surface area contributed by atoms with Crippen LogP contribution in [0.15, 0.2) is 33.5 Å². The third kappa shape index (κ3) is 3.98. The SMILES string of the molecule is CC(=O)SCC(O)C(O)c1ccc2oc(=O)c(C(=O)O)cc2c1. The maximum Gasteiger partial charge on any atom is 0.351 e. The predicted octanol–water partition coefficient (Wildman–Crippen LogP) is 1.17. The zero-order valence-electron chi connectivity index (χ0n) is 12.1.